The fraction of sp³-hybridized carbons (Fsp3) is 0.261. The van der Waals surface area contributed by atoms with Crippen LogP contribution in [0.25, 0.3) is 0 Å². The molecule has 1 aliphatic rings. The highest BCUT2D eigenvalue weighted by atomic mass is 16.6. The Morgan fingerprint density at radius 1 is 1.03 bits per heavy atom. The van der Waals surface area contributed by atoms with E-state index >= 15 is 0 Å². The summed E-state index contributed by atoms with van der Waals surface area (Å²) < 4.78 is 12.9. The van der Waals surface area contributed by atoms with Crippen LogP contribution in [-0.4, -0.2) is 28.2 Å². The van der Waals surface area contributed by atoms with E-state index in [-0.39, 0.29) is 24.4 Å². The van der Waals surface area contributed by atoms with Crippen molar-refractivity contribution >= 4 is 5.97 Å². The quantitative estimate of drug-likeness (QED) is 0.604. The van der Waals surface area contributed by atoms with Crippen LogP contribution in [-0.2, 0) is 15.9 Å². The Morgan fingerprint density at radius 2 is 1.76 bits per heavy atom. The van der Waals surface area contributed by atoms with E-state index in [1.54, 1.807) is 30.5 Å². The lowest BCUT2D eigenvalue weighted by molar-refractivity contribution is -0.0340. The van der Waals surface area contributed by atoms with E-state index in [0.29, 0.717) is 24.8 Å². The van der Waals surface area contributed by atoms with Crippen molar-refractivity contribution in [2.45, 2.75) is 31.6 Å². The summed E-state index contributed by atoms with van der Waals surface area (Å²) in [6.45, 7) is 0.163. The number of nitrogens with zero attached hydrogens (tertiary/aromatic N) is 2. The number of hydrogen-bond donors (Lipinski definition) is 0. The number of esters is 1. The third-order valence-corrected chi connectivity index (χ3v) is 4.92. The Balaban J connectivity index is 1.38. The van der Waals surface area contributed by atoms with Crippen LogP contribution in [0.1, 0.15) is 40.6 Å². The van der Waals surface area contributed by atoms with Gasteiger partial charge in [-0.15, -0.1) is 0 Å². The monoisotopic (exact) mass is 390 g/mol. The lowest BCUT2D eigenvalue weighted by Gasteiger charge is -2.16. The van der Waals surface area contributed by atoms with Gasteiger partial charge in [-0.1, -0.05) is 48.5 Å². The Bertz CT molecular complexity index is 1020. The summed E-state index contributed by atoms with van der Waals surface area (Å²) in [4.78, 5) is 28.3. The molecule has 0 bridgehead atoms. The van der Waals surface area contributed by atoms with Crippen LogP contribution in [0.4, 0.5) is 0 Å². The number of benzene rings is 2. The lowest BCUT2D eigenvalue weighted by Crippen LogP contribution is -2.28. The molecule has 0 saturated carbocycles. The van der Waals surface area contributed by atoms with Gasteiger partial charge < -0.3 is 9.47 Å². The summed E-state index contributed by atoms with van der Waals surface area (Å²) in [5, 5.41) is 0. The highest BCUT2D eigenvalue weighted by Crippen LogP contribution is 2.27. The Kier molecular flexibility index (Phi) is 5.81. The molecule has 0 aliphatic carbocycles. The van der Waals surface area contributed by atoms with Gasteiger partial charge in [-0.25, -0.2) is 14.6 Å². The second-order valence-corrected chi connectivity index (χ2v) is 7.07. The third kappa shape index (κ3) is 4.78. The van der Waals surface area contributed by atoms with Gasteiger partial charge >= 0.3 is 11.7 Å². The molecule has 1 aliphatic heterocycles. The van der Waals surface area contributed by atoms with Crippen LogP contribution in [0.2, 0.25) is 0 Å². The Hall–Kier alpha value is -3.25. The molecule has 0 radical (unpaired) electrons. The molecule has 0 amide bonds. The summed E-state index contributed by atoms with van der Waals surface area (Å²) in [5.74, 6) is -0.374. The summed E-state index contributed by atoms with van der Waals surface area (Å²) in [6.07, 6.45) is 4.86. The molecule has 6 nitrogen and oxygen atoms in total. The van der Waals surface area contributed by atoms with Crippen LogP contribution in [0.5, 0.6) is 0 Å². The van der Waals surface area contributed by atoms with Crippen LogP contribution in [0.3, 0.4) is 0 Å². The van der Waals surface area contributed by atoms with Crippen molar-refractivity contribution in [3.63, 3.8) is 0 Å². The maximum atomic E-state index is 12.3. The zero-order valence-electron chi connectivity index (χ0n) is 15.9. The minimum atomic E-state index is -0.397. The molecule has 4 rings (SSSR count). The van der Waals surface area contributed by atoms with E-state index in [1.165, 1.54) is 4.57 Å². The summed E-state index contributed by atoms with van der Waals surface area (Å²) >= 11 is 0. The van der Waals surface area contributed by atoms with Crippen molar-refractivity contribution in [1.82, 2.24) is 9.55 Å². The molecular weight excluding hydrogens is 368 g/mol. The van der Waals surface area contributed by atoms with E-state index < -0.39 is 6.23 Å². The molecule has 29 heavy (non-hydrogen) atoms. The summed E-state index contributed by atoms with van der Waals surface area (Å²) in [5.41, 5.74) is 2.26. The second-order valence-electron chi connectivity index (χ2n) is 7.07. The normalized spacial score (nSPS) is 18.5. The fourth-order valence-corrected chi connectivity index (χ4v) is 3.44. The molecule has 0 N–H and O–H groups in total. The van der Waals surface area contributed by atoms with Gasteiger partial charge in [-0.05, 0) is 36.1 Å². The molecule has 1 fully saturated rings. The van der Waals surface area contributed by atoms with E-state index in [0.717, 1.165) is 11.1 Å². The van der Waals surface area contributed by atoms with E-state index in [4.69, 9.17) is 9.47 Å². The molecule has 2 atom stereocenters. The van der Waals surface area contributed by atoms with Gasteiger partial charge in [0.1, 0.15) is 12.8 Å². The second kappa shape index (κ2) is 8.84. The smallest absolute Gasteiger partial charge is 0.349 e. The SMILES string of the molecule is O=C(OC[C@@H]1CC[C@H](n2cc(Cc3ccccc3)cnc2=O)O1)c1ccccc1. The van der Waals surface area contributed by atoms with Crippen molar-refractivity contribution in [3.05, 3.63) is 100 Å². The van der Waals surface area contributed by atoms with Crippen LogP contribution >= 0.6 is 0 Å². The molecule has 3 aromatic rings. The highest BCUT2D eigenvalue weighted by molar-refractivity contribution is 5.89. The largest absolute Gasteiger partial charge is 0.459 e. The molecule has 2 heterocycles. The van der Waals surface area contributed by atoms with Crippen molar-refractivity contribution in [2.75, 3.05) is 6.61 Å². The molecule has 1 saturated heterocycles. The maximum absolute atomic E-state index is 12.3. The minimum Gasteiger partial charge on any atom is -0.459 e. The molecule has 2 aromatic carbocycles. The zero-order valence-corrected chi connectivity index (χ0v) is 15.9. The summed E-state index contributed by atoms with van der Waals surface area (Å²) in [7, 11) is 0. The lowest BCUT2D eigenvalue weighted by atomic mass is 10.1. The zero-order chi connectivity index (χ0) is 20.1. The molecule has 1 aromatic heterocycles. The van der Waals surface area contributed by atoms with Gasteiger partial charge in [0.25, 0.3) is 0 Å². The summed E-state index contributed by atoms with van der Waals surface area (Å²) in [6, 6.07) is 18.9. The Labute approximate surface area is 168 Å². The van der Waals surface area contributed by atoms with Crippen molar-refractivity contribution in [2.24, 2.45) is 0 Å². The fourth-order valence-electron chi connectivity index (χ4n) is 3.44. The van der Waals surface area contributed by atoms with Gasteiger partial charge in [-0.3, -0.25) is 4.57 Å². The number of aromatic nitrogens is 2. The molecular formula is C23H22N2O4. The van der Waals surface area contributed by atoms with Gasteiger partial charge in [0.05, 0.1) is 11.7 Å². The van der Waals surface area contributed by atoms with Crippen LogP contribution in [0, 0.1) is 0 Å². The predicted octanol–water partition coefficient (Wildman–Crippen LogP) is 3.37. The van der Waals surface area contributed by atoms with Crippen molar-refractivity contribution < 1.29 is 14.3 Å². The first-order chi connectivity index (χ1) is 14.2. The van der Waals surface area contributed by atoms with E-state index in [9.17, 15) is 9.59 Å². The standard InChI is InChI=1S/C23H22N2O4/c26-22(19-9-5-2-6-10-19)28-16-20-11-12-21(29-20)25-15-18(14-24-23(25)27)13-17-7-3-1-4-8-17/h1-10,14-15,20-21H,11-13,16H2/t20-,21+/m0/s1. The van der Waals surface area contributed by atoms with Gasteiger partial charge in [0.15, 0.2) is 0 Å². The first kappa shape index (κ1) is 19.1. The molecule has 6 heteroatoms. The third-order valence-electron chi connectivity index (χ3n) is 4.92. The predicted molar refractivity (Wildman–Crippen MR) is 108 cm³/mol. The number of carbonyl (C=O) groups is 1. The minimum absolute atomic E-state index is 0.163. The topological polar surface area (TPSA) is 70.4 Å². The van der Waals surface area contributed by atoms with Gasteiger partial charge in [0.2, 0.25) is 0 Å². The highest BCUT2D eigenvalue weighted by Gasteiger charge is 2.28. The van der Waals surface area contributed by atoms with Gasteiger partial charge in [0, 0.05) is 18.8 Å². The van der Waals surface area contributed by atoms with Crippen LogP contribution < -0.4 is 5.69 Å². The average Bonchev–Trinajstić information content (AvgIpc) is 3.23. The molecule has 0 unspecified atom stereocenters. The molecule has 148 valence electrons. The number of rotatable bonds is 6. The van der Waals surface area contributed by atoms with Crippen molar-refractivity contribution in [1.29, 1.82) is 0 Å². The number of ether oxygens (including phenoxy) is 2. The average molecular weight is 390 g/mol. The number of carbonyl (C=O) groups excluding carboxylic acids is 1. The van der Waals surface area contributed by atoms with E-state index in [2.05, 4.69) is 4.98 Å². The maximum Gasteiger partial charge on any atom is 0.349 e. The van der Waals surface area contributed by atoms with Crippen LogP contribution in [0.15, 0.2) is 77.9 Å². The molecule has 0 spiro atoms. The Morgan fingerprint density at radius 3 is 2.52 bits per heavy atom. The first-order valence-corrected chi connectivity index (χ1v) is 9.67. The van der Waals surface area contributed by atoms with Crippen molar-refractivity contribution in [3.8, 4) is 0 Å². The van der Waals surface area contributed by atoms with Gasteiger partial charge in [-0.2, -0.15) is 0 Å². The number of hydrogen-bond acceptors (Lipinski definition) is 5. The first-order valence-electron chi connectivity index (χ1n) is 9.67. The van der Waals surface area contributed by atoms with E-state index in [1.807, 2.05) is 42.6 Å².